The molecule has 0 unspecified atom stereocenters. The second-order valence-electron chi connectivity index (χ2n) is 4.86. The van der Waals surface area contributed by atoms with E-state index in [0.717, 1.165) is 6.07 Å². The summed E-state index contributed by atoms with van der Waals surface area (Å²) >= 11 is 4.33. The Labute approximate surface area is 145 Å². The van der Waals surface area contributed by atoms with Crippen LogP contribution in [0.5, 0.6) is 0 Å². The minimum Gasteiger partial charge on any atom is -0.206 e. The molecule has 0 aliphatic heterocycles. The van der Waals surface area contributed by atoms with E-state index in [4.69, 9.17) is 0 Å². The molecule has 0 amide bonds. The first kappa shape index (κ1) is 15.3. The van der Waals surface area contributed by atoms with Crippen molar-refractivity contribution in [3.8, 4) is 22.0 Å². The lowest BCUT2D eigenvalue weighted by molar-refractivity contribution is 0.510. The third kappa shape index (κ3) is 2.40. The zero-order valence-corrected chi connectivity index (χ0v) is 14.1. The van der Waals surface area contributed by atoms with Gasteiger partial charge in [-0.1, -0.05) is 17.4 Å². The maximum Gasteiger partial charge on any atom is 0.235 e. The molecule has 0 aliphatic carbocycles. The van der Waals surface area contributed by atoms with E-state index in [0.29, 0.717) is 20.0 Å². The van der Waals surface area contributed by atoms with Gasteiger partial charge in [0.15, 0.2) is 17.5 Å². The molecule has 24 heavy (non-hydrogen) atoms. The molecule has 0 N–H and O–H groups in total. The first-order valence-electron chi connectivity index (χ1n) is 6.66. The first-order valence-corrected chi connectivity index (χ1v) is 8.27. The number of hydrogen-bond acceptors (Lipinski definition) is 4. The molecule has 2 heterocycles. The van der Waals surface area contributed by atoms with E-state index in [1.165, 1.54) is 34.1 Å². The number of rotatable bonds is 2. The summed E-state index contributed by atoms with van der Waals surface area (Å²) in [7, 11) is 0. The van der Waals surface area contributed by atoms with Crippen molar-refractivity contribution in [1.82, 2.24) is 19.8 Å². The SMILES string of the molecule is Fc1ccc(-c2nn3c(-c4cccc(F)c4F)nnc3s2)cc1Br. The highest BCUT2D eigenvalue weighted by molar-refractivity contribution is 9.10. The highest BCUT2D eigenvalue weighted by atomic mass is 79.9. The molecule has 0 atom stereocenters. The molecule has 0 saturated heterocycles. The molecule has 4 aromatic rings. The van der Waals surface area contributed by atoms with Crippen molar-refractivity contribution in [1.29, 1.82) is 0 Å². The fourth-order valence-electron chi connectivity index (χ4n) is 2.21. The molecule has 120 valence electrons. The van der Waals surface area contributed by atoms with Crippen LogP contribution >= 0.6 is 27.3 Å². The predicted octanol–water partition coefficient (Wildman–Crippen LogP) is 4.70. The summed E-state index contributed by atoms with van der Waals surface area (Å²) in [6, 6.07) is 8.30. The summed E-state index contributed by atoms with van der Waals surface area (Å²) in [5.74, 6) is -2.26. The number of nitrogens with zero attached hydrogens (tertiary/aromatic N) is 4. The Morgan fingerprint density at radius 2 is 1.83 bits per heavy atom. The molecule has 0 saturated carbocycles. The lowest BCUT2D eigenvalue weighted by Gasteiger charge is -2.00. The van der Waals surface area contributed by atoms with Crippen LogP contribution in [0.2, 0.25) is 0 Å². The number of hydrogen-bond donors (Lipinski definition) is 0. The normalized spacial score (nSPS) is 11.3. The smallest absolute Gasteiger partial charge is 0.206 e. The predicted molar refractivity (Wildman–Crippen MR) is 87.1 cm³/mol. The molecule has 2 aromatic carbocycles. The molecule has 0 aliphatic rings. The van der Waals surface area contributed by atoms with Crippen LogP contribution in [0.1, 0.15) is 0 Å². The van der Waals surface area contributed by atoms with Crippen LogP contribution in [0, 0.1) is 17.5 Å². The molecule has 0 radical (unpaired) electrons. The fraction of sp³-hybridized carbons (Fsp3) is 0. The Balaban J connectivity index is 1.87. The van der Waals surface area contributed by atoms with Crippen molar-refractivity contribution in [3.63, 3.8) is 0 Å². The first-order chi connectivity index (χ1) is 11.5. The monoisotopic (exact) mass is 410 g/mol. The fourth-order valence-corrected chi connectivity index (χ4v) is 3.42. The van der Waals surface area contributed by atoms with Gasteiger partial charge in [-0.05, 0) is 46.3 Å². The second-order valence-corrected chi connectivity index (χ2v) is 6.67. The van der Waals surface area contributed by atoms with Gasteiger partial charge in [0.05, 0.1) is 10.0 Å². The van der Waals surface area contributed by atoms with Gasteiger partial charge < -0.3 is 0 Å². The molecule has 0 spiro atoms. The van der Waals surface area contributed by atoms with Gasteiger partial charge in [-0.2, -0.15) is 9.61 Å². The molecular weight excluding hydrogens is 405 g/mol. The van der Waals surface area contributed by atoms with Gasteiger partial charge in [0.1, 0.15) is 10.8 Å². The van der Waals surface area contributed by atoms with E-state index in [2.05, 4.69) is 31.2 Å². The topological polar surface area (TPSA) is 43.1 Å². The van der Waals surface area contributed by atoms with Crippen molar-refractivity contribution in [3.05, 3.63) is 58.3 Å². The quantitative estimate of drug-likeness (QED) is 0.480. The van der Waals surface area contributed by atoms with Gasteiger partial charge in [0.2, 0.25) is 4.96 Å². The summed E-state index contributed by atoms with van der Waals surface area (Å²) in [6.45, 7) is 0. The standard InChI is InChI=1S/C15H6BrF3N4S/c16-9-6-7(4-5-10(9)17)14-22-23-13(20-21-15(23)24-14)8-2-1-3-11(18)12(8)19/h1-6H. The second kappa shape index (κ2) is 5.67. The Bertz CT molecular complexity index is 1080. The van der Waals surface area contributed by atoms with Gasteiger partial charge in [-0.25, -0.2) is 13.2 Å². The summed E-state index contributed by atoms with van der Waals surface area (Å²) in [5, 5.41) is 12.7. The van der Waals surface area contributed by atoms with Crippen molar-refractivity contribution >= 4 is 32.2 Å². The minimum atomic E-state index is -1.01. The third-order valence-corrected chi connectivity index (χ3v) is 4.91. The Morgan fingerprint density at radius 3 is 2.62 bits per heavy atom. The summed E-state index contributed by atoms with van der Waals surface area (Å²) in [4.78, 5) is 0.420. The molecule has 2 aromatic heterocycles. The van der Waals surface area contributed by atoms with Gasteiger partial charge in [-0.15, -0.1) is 10.2 Å². The van der Waals surface area contributed by atoms with Crippen LogP contribution in [0.25, 0.3) is 26.9 Å². The van der Waals surface area contributed by atoms with Crippen LogP contribution in [-0.2, 0) is 0 Å². The highest BCUT2D eigenvalue weighted by Gasteiger charge is 2.19. The largest absolute Gasteiger partial charge is 0.235 e. The summed E-state index contributed by atoms with van der Waals surface area (Å²) < 4.78 is 42.4. The van der Waals surface area contributed by atoms with Crippen LogP contribution in [0.4, 0.5) is 13.2 Å². The highest BCUT2D eigenvalue weighted by Crippen LogP contribution is 2.31. The maximum atomic E-state index is 14.0. The van der Waals surface area contributed by atoms with E-state index in [9.17, 15) is 13.2 Å². The number of halogens is 4. The molecule has 0 fully saturated rings. The van der Waals surface area contributed by atoms with Gasteiger partial charge in [-0.3, -0.25) is 0 Å². The van der Waals surface area contributed by atoms with Crippen molar-refractivity contribution in [2.75, 3.05) is 0 Å². The van der Waals surface area contributed by atoms with E-state index in [1.54, 1.807) is 12.1 Å². The van der Waals surface area contributed by atoms with Crippen LogP contribution in [0.3, 0.4) is 0 Å². The Hall–Kier alpha value is -2.26. The van der Waals surface area contributed by atoms with E-state index >= 15 is 0 Å². The summed E-state index contributed by atoms with van der Waals surface area (Å²) in [6.07, 6.45) is 0. The van der Waals surface area contributed by atoms with E-state index < -0.39 is 11.6 Å². The van der Waals surface area contributed by atoms with Gasteiger partial charge in [0, 0.05) is 5.56 Å². The lowest BCUT2D eigenvalue weighted by atomic mass is 10.2. The molecule has 0 bridgehead atoms. The zero-order chi connectivity index (χ0) is 16.8. The third-order valence-electron chi connectivity index (χ3n) is 3.35. The number of aromatic nitrogens is 4. The molecule has 4 rings (SSSR count). The lowest BCUT2D eigenvalue weighted by Crippen LogP contribution is -1.95. The summed E-state index contributed by atoms with van der Waals surface area (Å²) in [5.41, 5.74) is 0.643. The van der Waals surface area contributed by atoms with Crippen LogP contribution in [0.15, 0.2) is 40.9 Å². The average molecular weight is 411 g/mol. The van der Waals surface area contributed by atoms with Crippen molar-refractivity contribution in [2.24, 2.45) is 0 Å². The minimum absolute atomic E-state index is 0.0281. The van der Waals surface area contributed by atoms with Crippen molar-refractivity contribution < 1.29 is 13.2 Å². The van der Waals surface area contributed by atoms with Crippen LogP contribution in [-0.4, -0.2) is 19.8 Å². The molecule has 9 heteroatoms. The molecular formula is C15H6BrF3N4S. The zero-order valence-electron chi connectivity index (χ0n) is 11.7. The van der Waals surface area contributed by atoms with Gasteiger partial charge >= 0.3 is 0 Å². The number of benzene rings is 2. The van der Waals surface area contributed by atoms with Gasteiger partial charge in [0.25, 0.3) is 0 Å². The van der Waals surface area contributed by atoms with E-state index in [-0.39, 0.29) is 17.2 Å². The number of fused-ring (bicyclic) bond motifs is 1. The van der Waals surface area contributed by atoms with Crippen molar-refractivity contribution in [2.45, 2.75) is 0 Å². The average Bonchev–Trinajstić information content (AvgIpc) is 3.13. The Morgan fingerprint density at radius 1 is 1.00 bits per heavy atom. The molecule has 4 nitrogen and oxygen atoms in total. The Kier molecular flexibility index (Phi) is 3.61. The van der Waals surface area contributed by atoms with Crippen LogP contribution < -0.4 is 0 Å². The maximum absolute atomic E-state index is 14.0. The van der Waals surface area contributed by atoms with E-state index in [1.807, 2.05) is 0 Å².